The normalized spacial score (nSPS) is 19.5. The van der Waals surface area contributed by atoms with Crippen LogP contribution in [0.5, 0.6) is 5.75 Å². The average Bonchev–Trinajstić information content (AvgIpc) is 2.49. The van der Waals surface area contributed by atoms with Crippen molar-refractivity contribution in [3.05, 3.63) is 28.8 Å². The maximum Gasteiger partial charge on any atom is 0.176 e. The van der Waals surface area contributed by atoms with Crippen molar-refractivity contribution in [1.82, 2.24) is 4.90 Å². The zero-order valence-corrected chi connectivity index (χ0v) is 13.7. The molecule has 1 atom stereocenters. The fourth-order valence-electron chi connectivity index (χ4n) is 3.04. The summed E-state index contributed by atoms with van der Waals surface area (Å²) in [6.07, 6.45) is 6.03. The van der Waals surface area contributed by atoms with E-state index in [1.165, 1.54) is 32.1 Å². The molecule has 116 valence electrons. The van der Waals surface area contributed by atoms with E-state index in [0.717, 1.165) is 6.54 Å². The van der Waals surface area contributed by atoms with Gasteiger partial charge in [0.2, 0.25) is 0 Å². The summed E-state index contributed by atoms with van der Waals surface area (Å²) < 4.78 is 5.13. The summed E-state index contributed by atoms with van der Waals surface area (Å²) in [7, 11) is 1.58. The van der Waals surface area contributed by atoms with Crippen LogP contribution in [0, 0.1) is 0 Å². The molecule has 1 heterocycles. The third-order valence-corrected chi connectivity index (χ3v) is 4.49. The van der Waals surface area contributed by atoms with Crippen molar-refractivity contribution in [2.75, 3.05) is 20.2 Å². The molecule has 0 radical (unpaired) electrons. The van der Waals surface area contributed by atoms with Crippen LogP contribution < -0.4 is 4.74 Å². The Labute approximate surface area is 132 Å². The second kappa shape index (κ2) is 7.81. The Hall–Kier alpha value is -1.06. The van der Waals surface area contributed by atoms with E-state index in [1.807, 2.05) is 0 Å². The van der Waals surface area contributed by atoms with E-state index in [2.05, 4.69) is 11.8 Å². The molecular weight excluding hydrogens is 286 g/mol. The average molecular weight is 310 g/mol. The van der Waals surface area contributed by atoms with Gasteiger partial charge in [-0.25, -0.2) is 0 Å². The summed E-state index contributed by atoms with van der Waals surface area (Å²) in [5, 5.41) is 0.493. The molecule has 0 N–H and O–H groups in total. The molecule has 1 aliphatic heterocycles. The first-order valence-corrected chi connectivity index (χ1v) is 8.14. The lowest BCUT2D eigenvalue weighted by molar-refractivity contribution is 0.0831. The van der Waals surface area contributed by atoms with Gasteiger partial charge in [-0.05, 0) is 44.0 Å². The van der Waals surface area contributed by atoms with Gasteiger partial charge in [0, 0.05) is 11.6 Å². The number of hydrogen-bond acceptors (Lipinski definition) is 3. The molecular formula is C17H24ClNO2. The molecule has 1 fully saturated rings. The number of Topliss-reactive ketones (excluding diaryl/α,β-unsaturated/α-hetero) is 1. The van der Waals surface area contributed by atoms with Gasteiger partial charge in [0.15, 0.2) is 5.78 Å². The minimum atomic E-state index is 0.141. The fourth-order valence-corrected chi connectivity index (χ4v) is 3.30. The first-order chi connectivity index (χ1) is 10.2. The molecule has 3 nitrogen and oxygen atoms in total. The van der Waals surface area contributed by atoms with Crippen LogP contribution in [0.1, 0.15) is 49.4 Å². The first-order valence-electron chi connectivity index (χ1n) is 7.76. The van der Waals surface area contributed by atoms with Gasteiger partial charge >= 0.3 is 0 Å². The minimum absolute atomic E-state index is 0.141. The van der Waals surface area contributed by atoms with E-state index in [0.29, 0.717) is 28.9 Å². The Balaban J connectivity index is 2.04. The molecule has 1 unspecified atom stereocenters. The van der Waals surface area contributed by atoms with Gasteiger partial charge in [-0.3, -0.25) is 9.69 Å². The lowest BCUT2D eigenvalue weighted by atomic mass is 9.97. The topological polar surface area (TPSA) is 29.5 Å². The predicted molar refractivity (Wildman–Crippen MR) is 86.5 cm³/mol. The number of methoxy groups -OCH3 is 1. The number of rotatable bonds is 6. The van der Waals surface area contributed by atoms with Crippen molar-refractivity contribution in [2.24, 2.45) is 0 Å². The molecule has 1 aromatic rings. The van der Waals surface area contributed by atoms with E-state index >= 15 is 0 Å². The summed E-state index contributed by atoms with van der Waals surface area (Å²) in [6, 6.07) is 5.82. The number of nitrogens with zero attached hydrogens (tertiary/aromatic N) is 1. The maximum absolute atomic E-state index is 12.5. The standard InChI is InChI=1S/C17H24ClNO2/c1-3-6-14-7-4-5-10-19(14)12-16(20)13-8-9-17(21-2)15(18)11-13/h8-9,11,14H,3-7,10,12H2,1-2H3. The number of hydrogen-bond donors (Lipinski definition) is 0. The minimum Gasteiger partial charge on any atom is -0.495 e. The number of carbonyl (C=O) groups is 1. The van der Waals surface area contributed by atoms with Crippen molar-refractivity contribution in [3.8, 4) is 5.75 Å². The number of likely N-dealkylation sites (tertiary alicyclic amines) is 1. The van der Waals surface area contributed by atoms with E-state index < -0.39 is 0 Å². The van der Waals surface area contributed by atoms with E-state index in [9.17, 15) is 4.79 Å². The Morgan fingerprint density at radius 3 is 2.90 bits per heavy atom. The first kappa shape index (κ1) is 16.3. The van der Waals surface area contributed by atoms with Gasteiger partial charge in [0.1, 0.15) is 5.75 Å². The summed E-state index contributed by atoms with van der Waals surface area (Å²) in [5.74, 6) is 0.748. The van der Waals surface area contributed by atoms with Crippen molar-refractivity contribution in [3.63, 3.8) is 0 Å². The zero-order valence-electron chi connectivity index (χ0n) is 12.9. The molecule has 4 heteroatoms. The second-order valence-corrected chi connectivity index (χ2v) is 6.09. The molecule has 0 saturated carbocycles. The van der Waals surface area contributed by atoms with Gasteiger partial charge < -0.3 is 4.74 Å². The zero-order chi connectivity index (χ0) is 15.2. The highest BCUT2D eigenvalue weighted by atomic mass is 35.5. The van der Waals surface area contributed by atoms with Gasteiger partial charge in [-0.15, -0.1) is 0 Å². The highest BCUT2D eigenvalue weighted by molar-refractivity contribution is 6.32. The number of ketones is 1. The molecule has 1 aliphatic rings. The summed E-state index contributed by atoms with van der Waals surface area (Å²) >= 11 is 6.10. The Morgan fingerprint density at radius 2 is 2.24 bits per heavy atom. The van der Waals surface area contributed by atoms with Crippen LogP contribution in [0.15, 0.2) is 18.2 Å². The summed E-state index contributed by atoms with van der Waals surface area (Å²) in [6.45, 7) is 3.73. The van der Waals surface area contributed by atoms with Crippen LogP contribution in [0.2, 0.25) is 5.02 Å². The molecule has 21 heavy (non-hydrogen) atoms. The van der Waals surface area contributed by atoms with Crippen LogP contribution in [0.25, 0.3) is 0 Å². The molecule has 0 aromatic heterocycles. The number of piperidine rings is 1. The van der Waals surface area contributed by atoms with E-state index in [4.69, 9.17) is 16.3 Å². The molecule has 0 bridgehead atoms. The van der Waals surface area contributed by atoms with Crippen LogP contribution in [-0.2, 0) is 0 Å². The molecule has 0 aliphatic carbocycles. The SMILES string of the molecule is CCCC1CCCCN1CC(=O)c1ccc(OC)c(Cl)c1. The Bertz CT molecular complexity index is 488. The lowest BCUT2D eigenvalue weighted by Crippen LogP contribution is -2.42. The molecule has 2 rings (SSSR count). The molecule has 0 amide bonds. The summed E-state index contributed by atoms with van der Waals surface area (Å²) in [4.78, 5) is 14.8. The number of carbonyl (C=O) groups excluding carboxylic acids is 1. The predicted octanol–water partition coefficient (Wildman–Crippen LogP) is 4.19. The Morgan fingerprint density at radius 1 is 1.43 bits per heavy atom. The molecule has 1 aromatic carbocycles. The third-order valence-electron chi connectivity index (χ3n) is 4.19. The Kier molecular flexibility index (Phi) is 6.07. The van der Waals surface area contributed by atoms with Crippen LogP contribution in [0.4, 0.5) is 0 Å². The smallest absolute Gasteiger partial charge is 0.176 e. The van der Waals surface area contributed by atoms with Crippen molar-refractivity contribution >= 4 is 17.4 Å². The van der Waals surface area contributed by atoms with Gasteiger partial charge in [-0.1, -0.05) is 31.4 Å². The van der Waals surface area contributed by atoms with Crippen LogP contribution in [-0.4, -0.2) is 36.9 Å². The van der Waals surface area contributed by atoms with Crippen LogP contribution >= 0.6 is 11.6 Å². The quantitative estimate of drug-likeness (QED) is 0.738. The maximum atomic E-state index is 12.5. The van der Waals surface area contributed by atoms with Gasteiger partial charge in [-0.2, -0.15) is 0 Å². The lowest BCUT2D eigenvalue weighted by Gasteiger charge is -2.35. The second-order valence-electron chi connectivity index (χ2n) is 5.68. The van der Waals surface area contributed by atoms with Gasteiger partial charge in [0.25, 0.3) is 0 Å². The van der Waals surface area contributed by atoms with Gasteiger partial charge in [0.05, 0.1) is 18.7 Å². The van der Waals surface area contributed by atoms with Crippen molar-refractivity contribution < 1.29 is 9.53 Å². The third kappa shape index (κ3) is 4.21. The molecule has 1 saturated heterocycles. The number of benzene rings is 1. The fraction of sp³-hybridized carbons (Fsp3) is 0.588. The van der Waals surface area contributed by atoms with Crippen LogP contribution in [0.3, 0.4) is 0 Å². The largest absolute Gasteiger partial charge is 0.495 e. The molecule has 0 spiro atoms. The van der Waals surface area contributed by atoms with E-state index in [1.54, 1.807) is 25.3 Å². The van der Waals surface area contributed by atoms with Crippen molar-refractivity contribution in [1.29, 1.82) is 0 Å². The van der Waals surface area contributed by atoms with E-state index in [-0.39, 0.29) is 5.78 Å². The number of ether oxygens (including phenoxy) is 1. The summed E-state index contributed by atoms with van der Waals surface area (Å²) in [5.41, 5.74) is 0.668. The highest BCUT2D eigenvalue weighted by Gasteiger charge is 2.24. The van der Waals surface area contributed by atoms with Crippen molar-refractivity contribution in [2.45, 2.75) is 45.1 Å². The highest BCUT2D eigenvalue weighted by Crippen LogP contribution is 2.26. The monoisotopic (exact) mass is 309 g/mol. The number of halogens is 1.